The van der Waals surface area contributed by atoms with Gasteiger partial charge in [0, 0.05) is 22.2 Å². The fourth-order valence-corrected chi connectivity index (χ4v) is 2.47. The van der Waals surface area contributed by atoms with E-state index >= 15 is 0 Å². The monoisotopic (exact) mass is 251 g/mol. The van der Waals surface area contributed by atoms with Gasteiger partial charge >= 0.3 is 0 Å². The number of hydrogen-bond acceptors (Lipinski definition) is 2. The normalized spacial score (nSPS) is 12.2. The Kier molecular flexibility index (Phi) is 5.08. The molecule has 0 saturated heterocycles. The number of nitrogens with one attached hydrogen (secondary N) is 1. The van der Waals surface area contributed by atoms with Gasteiger partial charge in [-0.2, -0.15) is 0 Å². The molecule has 0 fully saturated rings. The van der Waals surface area contributed by atoms with Crippen molar-refractivity contribution in [1.29, 1.82) is 0 Å². The minimum atomic E-state index is 0.180. The van der Waals surface area contributed by atoms with Gasteiger partial charge in [0.1, 0.15) is 0 Å². The highest BCUT2D eigenvalue weighted by molar-refractivity contribution is 8.00. The second-order valence-corrected chi connectivity index (χ2v) is 7.49. The van der Waals surface area contributed by atoms with Crippen molar-refractivity contribution in [3.05, 3.63) is 29.3 Å². The SMILES string of the molecule is Cc1cc(CNC(C)(C)C)ccc1SC(C)C. The fourth-order valence-electron chi connectivity index (χ4n) is 1.57. The first-order chi connectivity index (χ1) is 7.78. The van der Waals surface area contributed by atoms with Gasteiger partial charge in [-0.05, 0) is 44.9 Å². The number of benzene rings is 1. The van der Waals surface area contributed by atoms with E-state index in [0.717, 1.165) is 6.54 Å². The van der Waals surface area contributed by atoms with Crippen LogP contribution in [0.25, 0.3) is 0 Å². The lowest BCUT2D eigenvalue weighted by Gasteiger charge is -2.21. The topological polar surface area (TPSA) is 12.0 Å². The average molecular weight is 251 g/mol. The van der Waals surface area contributed by atoms with Crippen molar-refractivity contribution in [3.8, 4) is 0 Å². The summed E-state index contributed by atoms with van der Waals surface area (Å²) in [5, 5.41) is 4.16. The Morgan fingerprint density at radius 3 is 2.35 bits per heavy atom. The Morgan fingerprint density at radius 2 is 1.88 bits per heavy atom. The summed E-state index contributed by atoms with van der Waals surface area (Å²) in [7, 11) is 0. The fraction of sp³-hybridized carbons (Fsp3) is 0.600. The smallest absolute Gasteiger partial charge is 0.0210 e. The van der Waals surface area contributed by atoms with Gasteiger partial charge in [0.25, 0.3) is 0 Å². The van der Waals surface area contributed by atoms with Crippen LogP contribution in [-0.4, -0.2) is 10.8 Å². The van der Waals surface area contributed by atoms with E-state index in [-0.39, 0.29) is 5.54 Å². The van der Waals surface area contributed by atoms with Crippen molar-refractivity contribution in [2.75, 3.05) is 0 Å². The molecule has 96 valence electrons. The van der Waals surface area contributed by atoms with Crippen LogP contribution in [0.1, 0.15) is 45.7 Å². The van der Waals surface area contributed by atoms with E-state index in [2.05, 4.69) is 65.1 Å². The highest BCUT2D eigenvalue weighted by atomic mass is 32.2. The van der Waals surface area contributed by atoms with Crippen molar-refractivity contribution in [3.63, 3.8) is 0 Å². The minimum Gasteiger partial charge on any atom is -0.308 e. The number of thioether (sulfide) groups is 1. The van der Waals surface area contributed by atoms with Crippen LogP contribution in [-0.2, 0) is 6.54 Å². The van der Waals surface area contributed by atoms with Gasteiger partial charge in [-0.1, -0.05) is 26.0 Å². The number of rotatable bonds is 4. The van der Waals surface area contributed by atoms with Crippen LogP contribution < -0.4 is 5.32 Å². The summed E-state index contributed by atoms with van der Waals surface area (Å²) >= 11 is 1.94. The Morgan fingerprint density at radius 1 is 1.24 bits per heavy atom. The maximum Gasteiger partial charge on any atom is 0.0210 e. The Hall–Kier alpha value is -0.470. The molecule has 1 aromatic carbocycles. The van der Waals surface area contributed by atoms with Crippen LogP contribution in [0.5, 0.6) is 0 Å². The van der Waals surface area contributed by atoms with Crippen LogP contribution in [0, 0.1) is 6.92 Å². The van der Waals surface area contributed by atoms with Crippen LogP contribution in [0.2, 0.25) is 0 Å². The summed E-state index contributed by atoms with van der Waals surface area (Å²) in [6.45, 7) is 14.2. The molecule has 1 N–H and O–H groups in total. The molecule has 0 heterocycles. The molecule has 0 atom stereocenters. The molecule has 0 aromatic heterocycles. The highest BCUT2D eigenvalue weighted by Crippen LogP contribution is 2.26. The van der Waals surface area contributed by atoms with Gasteiger partial charge < -0.3 is 5.32 Å². The Bertz CT molecular complexity index is 364. The quantitative estimate of drug-likeness (QED) is 0.797. The third kappa shape index (κ3) is 5.60. The summed E-state index contributed by atoms with van der Waals surface area (Å²) in [6, 6.07) is 6.78. The molecular weight excluding hydrogens is 226 g/mol. The Labute approximate surface area is 110 Å². The molecule has 0 aliphatic carbocycles. The third-order valence-corrected chi connectivity index (χ3v) is 3.61. The van der Waals surface area contributed by atoms with E-state index in [4.69, 9.17) is 0 Å². The first-order valence-electron chi connectivity index (χ1n) is 6.29. The maximum atomic E-state index is 3.52. The highest BCUT2D eigenvalue weighted by Gasteiger charge is 2.09. The lowest BCUT2D eigenvalue weighted by molar-refractivity contribution is 0.424. The molecule has 0 spiro atoms. The molecule has 1 rings (SSSR count). The molecule has 0 bridgehead atoms. The Balaban J connectivity index is 2.68. The number of hydrogen-bond donors (Lipinski definition) is 1. The molecule has 2 heteroatoms. The molecule has 0 aliphatic rings. The van der Waals surface area contributed by atoms with Crippen molar-refractivity contribution in [1.82, 2.24) is 5.32 Å². The lowest BCUT2D eigenvalue weighted by atomic mass is 10.1. The molecule has 17 heavy (non-hydrogen) atoms. The van der Waals surface area contributed by atoms with E-state index in [1.165, 1.54) is 16.0 Å². The van der Waals surface area contributed by atoms with Gasteiger partial charge in [-0.3, -0.25) is 0 Å². The van der Waals surface area contributed by atoms with Crippen LogP contribution in [0.4, 0.5) is 0 Å². The third-order valence-electron chi connectivity index (χ3n) is 2.42. The van der Waals surface area contributed by atoms with Crippen molar-refractivity contribution < 1.29 is 0 Å². The van der Waals surface area contributed by atoms with Gasteiger partial charge in [0.05, 0.1) is 0 Å². The van der Waals surface area contributed by atoms with E-state index in [9.17, 15) is 0 Å². The zero-order valence-corrected chi connectivity index (χ0v) is 12.7. The first-order valence-corrected chi connectivity index (χ1v) is 7.17. The van der Waals surface area contributed by atoms with Crippen LogP contribution in [0.15, 0.2) is 23.1 Å². The zero-order valence-electron chi connectivity index (χ0n) is 11.9. The molecular formula is C15H25NS. The van der Waals surface area contributed by atoms with E-state index < -0.39 is 0 Å². The van der Waals surface area contributed by atoms with Gasteiger partial charge in [-0.15, -0.1) is 11.8 Å². The van der Waals surface area contributed by atoms with E-state index in [0.29, 0.717) is 5.25 Å². The van der Waals surface area contributed by atoms with Crippen molar-refractivity contribution >= 4 is 11.8 Å². The average Bonchev–Trinajstić information content (AvgIpc) is 2.17. The largest absolute Gasteiger partial charge is 0.308 e. The lowest BCUT2D eigenvalue weighted by Crippen LogP contribution is -2.35. The molecule has 0 amide bonds. The molecule has 0 unspecified atom stereocenters. The summed E-state index contributed by atoms with van der Waals surface area (Å²) < 4.78 is 0. The van der Waals surface area contributed by atoms with Gasteiger partial charge in [-0.25, -0.2) is 0 Å². The van der Waals surface area contributed by atoms with Crippen molar-refractivity contribution in [2.45, 2.75) is 63.8 Å². The molecule has 1 aromatic rings. The molecule has 0 radical (unpaired) electrons. The van der Waals surface area contributed by atoms with Crippen molar-refractivity contribution in [2.24, 2.45) is 0 Å². The van der Waals surface area contributed by atoms with Gasteiger partial charge in [0.2, 0.25) is 0 Å². The molecule has 1 nitrogen and oxygen atoms in total. The minimum absolute atomic E-state index is 0.180. The second kappa shape index (κ2) is 5.92. The summed E-state index contributed by atoms with van der Waals surface area (Å²) in [5.41, 5.74) is 2.93. The summed E-state index contributed by atoms with van der Waals surface area (Å²) in [4.78, 5) is 1.40. The second-order valence-electron chi connectivity index (χ2n) is 5.87. The predicted octanol–water partition coefficient (Wildman–Crippen LogP) is 4.38. The standard InChI is InChI=1S/C15H25NS/c1-11(2)17-14-8-7-13(9-12(14)3)10-16-15(4,5)6/h7-9,11,16H,10H2,1-6H3. The molecule has 0 saturated carbocycles. The van der Waals surface area contributed by atoms with E-state index in [1.54, 1.807) is 0 Å². The first kappa shape index (κ1) is 14.6. The summed E-state index contributed by atoms with van der Waals surface area (Å²) in [6.07, 6.45) is 0. The predicted molar refractivity (Wildman–Crippen MR) is 78.8 cm³/mol. The van der Waals surface area contributed by atoms with Crippen LogP contribution in [0.3, 0.4) is 0 Å². The van der Waals surface area contributed by atoms with Gasteiger partial charge in [0.15, 0.2) is 0 Å². The maximum absolute atomic E-state index is 3.52. The van der Waals surface area contributed by atoms with Crippen LogP contribution >= 0.6 is 11.8 Å². The summed E-state index contributed by atoms with van der Waals surface area (Å²) in [5.74, 6) is 0. The molecule has 0 aliphatic heterocycles. The zero-order chi connectivity index (χ0) is 13.1. The van der Waals surface area contributed by atoms with E-state index in [1.807, 2.05) is 11.8 Å². The number of aryl methyl sites for hydroxylation is 1.